The van der Waals surface area contributed by atoms with E-state index in [-0.39, 0.29) is 28.7 Å². The molecule has 2 aromatic carbocycles. The molecule has 3 rings (SSSR count). The highest BCUT2D eigenvalue weighted by molar-refractivity contribution is 6.07. The van der Waals surface area contributed by atoms with Crippen molar-refractivity contribution in [2.75, 3.05) is 31.5 Å². The number of nitrogens with one attached hydrogen (secondary N) is 1. The summed E-state index contributed by atoms with van der Waals surface area (Å²) in [5.41, 5.74) is 2.22. The summed E-state index contributed by atoms with van der Waals surface area (Å²) in [6, 6.07) is 7.72. The first-order valence-electron chi connectivity index (χ1n) is 8.55. The Morgan fingerprint density at radius 1 is 1.07 bits per heavy atom. The predicted octanol–water partition coefficient (Wildman–Crippen LogP) is 2.56. The molecule has 0 radical (unpaired) electrons. The highest BCUT2D eigenvalue weighted by atomic mass is 16.5. The summed E-state index contributed by atoms with van der Waals surface area (Å²) in [6.07, 6.45) is 0.950. The molecule has 0 fully saturated rings. The summed E-state index contributed by atoms with van der Waals surface area (Å²) < 4.78 is 10.5. The van der Waals surface area contributed by atoms with E-state index in [1.54, 1.807) is 30.1 Å². The number of rotatable bonds is 5. The average Bonchev–Trinajstić information content (AvgIpc) is 2.69. The van der Waals surface area contributed by atoms with Crippen molar-refractivity contribution in [1.29, 1.82) is 0 Å². The Labute approximate surface area is 161 Å². The van der Waals surface area contributed by atoms with Crippen LogP contribution < -0.4 is 19.7 Å². The van der Waals surface area contributed by atoms with Crippen LogP contribution in [0.3, 0.4) is 0 Å². The van der Waals surface area contributed by atoms with Crippen molar-refractivity contribution < 1.29 is 29.0 Å². The molecule has 146 valence electrons. The van der Waals surface area contributed by atoms with Crippen molar-refractivity contribution in [2.45, 2.75) is 12.8 Å². The van der Waals surface area contributed by atoms with Gasteiger partial charge in [-0.2, -0.15) is 0 Å². The Kier molecular flexibility index (Phi) is 5.21. The van der Waals surface area contributed by atoms with E-state index in [9.17, 15) is 19.5 Å². The quantitative estimate of drug-likeness (QED) is 0.821. The third kappa shape index (κ3) is 3.48. The second kappa shape index (κ2) is 7.59. The molecule has 8 nitrogen and oxygen atoms in total. The third-order valence-electron chi connectivity index (χ3n) is 4.66. The van der Waals surface area contributed by atoms with Crippen molar-refractivity contribution in [2.24, 2.45) is 0 Å². The van der Waals surface area contributed by atoms with Crippen LogP contribution in [0.25, 0.3) is 0 Å². The number of fused-ring (bicyclic) bond motifs is 1. The molecule has 0 saturated heterocycles. The van der Waals surface area contributed by atoms with Crippen LogP contribution in [0.2, 0.25) is 0 Å². The summed E-state index contributed by atoms with van der Waals surface area (Å²) in [7, 11) is 4.49. The minimum absolute atomic E-state index is 0.0343. The van der Waals surface area contributed by atoms with E-state index in [1.165, 1.54) is 26.4 Å². The number of aryl methyl sites for hydroxylation is 1. The monoisotopic (exact) mass is 384 g/mol. The number of hydrogen-bond donors (Lipinski definition) is 2. The molecular weight excluding hydrogens is 364 g/mol. The zero-order valence-electron chi connectivity index (χ0n) is 15.7. The van der Waals surface area contributed by atoms with Gasteiger partial charge >= 0.3 is 5.97 Å². The second-order valence-electron chi connectivity index (χ2n) is 6.31. The highest BCUT2D eigenvalue weighted by Gasteiger charge is 2.23. The molecule has 2 aromatic rings. The molecule has 0 aliphatic carbocycles. The van der Waals surface area contributed by atoms with E-state index in [0.717, 1.165) is 11.3 Å². The Hall–Kier alpha value is -3.55. The lowest BCUT2D eigenvalue weighted by atomic mass is 9.99. The van der Waals surface area contributed by atoms with Crippen molar-refractivity contribution in [3.8, 4) is 11.5 Å². The minimum atomic E-state index is -1.15. The molecule has 0 spiro atoms. The van der Waals surface area contributed by atoms with Crippen LogP contribution >= 0.6 is 0 Å². The number of aromatic carboxylic acids is 1. The number of hydrogen-bond acceptors (Lipinski definition) is 5. The molecule has 2 N–H and O–H groups in total. The molecule has 0 saturated carbocycles. The smallest absolute Gasteiger partial charge is 0.335 e. The Bertz CT molecular complexity index is 969. The van der Waals surface area contributed by atoms with Gasteiger partial charge in [-0.15, -0.1) is 0 Å². The number of ether oxygens (including phenoxy) is 2. The molecule has 0 unspecified atom stereocenters. The van der Waals surface area contributed by atoms with Gasteiger partial charge in [0.05, 0.1) is 25.5 Å². The predicted molar refractivity (Wildman–Crippen MR) is 103 cm³/mol. The van der Waals surface area contributed by atoms with Gasteiger partial charge in [-0.1, -0.05) is 0 Å². The van der Waals surface area contributed by atoms with Gasteiger partial charge in [-0.05, 0) is 42.3 Å². The summed E-state index contributed by atoms with van der Waals surface area (Å²) in [5, 5.41) is 12.0. The van der Waals surface area contributed by atoms with Gasteiger partial charge in [0.25, 0.3) is 5.91 Å². The topological polar surface area (TPSA) is 105 Å². The fraction of sp³-hybridized carbons (Fsp3) is 0.250. The molecule has 8 heteroatoms. The van der Waals surface area contributed by atoms with Crippen LogP contribution in [0.15, 0.2) is 30.3 Å². The van der Waals surface area contributed by atoms with Crippen LogP contribution in [0.4, 0.5) is 11.4 Å². The number of carboxylic acid groups (broad SMARTS) is 1. The fourth-order valence-corrected chi connectivity index (χ4v) is 3.17. The number of nitrogens with zero attached hydrogens (tertiary/aromatic N) is 1. The number of benzene rings is 2. The first kappa shape index (κ1) is 19.2. The molecule has 1 aliphatic heterocycles. The third-order valence-corrected chi connectivity index (χ3v) is 4.66. The minimum Gasteiger partial charge on any atom is -0.493 e. The van der Waals surface area contributed by atoms with Crippen LogP contribution in [-0.2, 0) is 11.2 Å². The molecule has 1 heterocycles. The molecule has 0 aromatic heterocycles. The van der Waals surface area contributed by atoms with Gasteiger partial charge in [0, 0.05) is 24.7 Å². The highest BCUT2D eigenvalue weighted by Crippen LogP contribution is 2.37. The maximum Gasteiger partial charge on any atom is 0.335 e. The molecule has 0 atom stereocenters. The largest absolute Gasteiger partial charge is 0.493 e. The van der Waals surface area contributed by atoms with Crippen LogP contribution in [0.1, 0.15) is 32.7 Å². The van der Waals surface area contributed by atoms with Gasteiger partial charge < -0.3 is 24.8 Å². The van der Waals surface area contributed by atoms with E-state index in [2.05, 4.69) is 5.32 Å². The van der Waals surface area contributed by atoms with Crippen molar-refractivity contribution in [1.82, 2.24) is 0 Å². The van der Waals surface area contributed by atoms with Crippen molar-refractivity contribution >= 4 is 29.2 Å². The number of carbonyl (C=O) groups excluding carboxylic acids is 2. The van der Waals surface area contributed by atoms with E-state index in [1.807, 2.05) is 0 Å². The van der Waals surface area contributed by atoms with Gasteiger partial charge in [-0.25, -0.2) is 4.79 Å². The average molecular weight is 384 g/mol. The van der Waals surface area contributed by atoms with E-state index >= 15 is 0 Å². The summed E-state index contributed by atoms with van der Waals surface area (Å²) in [5.74, 6) is -1.12. The SMILES string of the molecule is COc1cc(C(=O)O)cc(NC(=O)c2ccc3c(c2)CCC(=O)N3C)c1OC. The maximum atomic E-state index is 12.8. The van der Waals surface area contributed by atoms with Crippen LogP contribution in [0, 0.1) is 0 Å². The number of methoxy groups -OCH3 is 2. The summed E-state index contributed by atoms with van der Waals surface area (Å²) >= 11 is 0. The first-order chi connectivity index (χ1) is 13.3. The lowest BCUT2D eigenvalue weighted by Gasteiger charge is -2.26. The normalized spacial score (nSPS) is 13.0. The lowest BCUT2D eigenvalue weighted by Crippen LogP contribution is -2.31. The zero-order chi connectivity index (χ0) is 20.4. The van der Waals surface area contributed by atoms with Gasteiger partial charge in [0.1, 0.15) is 0 Å². The zero-order valence-corrected chi connectivity index (χ0v) is 15.7. The fourth-order valence-electron chi connectivity index (χ4n) is 3.17. The first-order valence-corrected chi connectivity index (χ1v) is 8.55. The Morgan fingerprint density at radius 2 is 1.82 bits per heavy atom. The Balaban J connectivity index is 1.94. The van der Waals surface area contributed by atoms with Crippen LogP contribution in [0.5, 0.6) is 11.5 Å². The van der Waals surface area contributed by atoms with E-state index in [0.29, 0.717) is 18.4 Å². The lowest BCUT2D eigenvalue weighted by molar-refractivity contribution is -0.118. The van der Waals surface area contributed by atoms with E-state index < -0.39 is 11.9 Å². The molecule has 28 heavy (non-hydrogen) atoms. The van der Waals surface area contributed by atoms with Gasteiger partial charge in [0.2, 0.25) is 5.91 Å². The summed E-state index contributed by atoms with van der Waals surface area (Å²) in [6.45, 7) is 0. The van der Waals surface area contributed by atoms with Gasteiger partial charge in [-0.3, -0.25) is 9.59 Å². The molecule has 2 amide bonds. The summed E-state index contributed by atoms with van der Waals surface area (Å²) in [4.78, 5) is 37.5. The number of carbonyl (C=O) groups is 3. The molecular formula is C20H20N2O6. The number of anilines is 2. The number of carboxylic acids is 1. The second-order valence-corrected chi connectivity index (χ2v) is 6.31. The number of amides is 2. The van der Waals surface area contributed by atoms with Crippen LogP contribution in [-0.4, -0.2) is 44.2 Å². The van der Waals surface area contributed by atoms with Crippen molar-refractivity contribution in [3.63, 3.8) is 0 Å². The molecule has 0 bridgehead atoms. The maximum absolute atomic E-state index is 12.8. The van der Waals surface area contributed by atoms with E-state index in [4.69, 9.17) is 9.47 Å². The standard InChI is InChI=1S/C20H20N2O6/c1-22-15-6-4-12(8-11(15)5-7-17(22)23)19(24)21-14-9-13(20(25)26)10-16(27-2)18(14)28-3/h4,6,8-10H,5,7H2,1-3H3,(H,21,24)(H,25,26). The Morgan fingerprint density at radius 3 is 2.46 bits per heavy atom. The van der Waals surface area contributed by atoms with Gasteiger partial charge in [0.15, 0.2) is 11.5 Å². The van der Waals surface area contributed by atoms with Crippen molar-refractivity contribution in [3.05, 3.63) is 47.0 Å². The molecule has 1 aliphatic rings.